The summed E-state index contributed by atoms with van der Waals surface area (Å²) >= 11 is 9.14. The third-order valence-electron chi connectivity index (χ3n) is 1.85. The fraction of sp³-hybridized carbons (Fsp3) is 0.0909. The number of halogens is 2. The van der Waals surface area contributed by atoms with Gasteiger partial charge in [0.15, 0.2) is 0 Å². The molecule has 0 unspecified atom stereocenters. The highest BCUT2D eigenvalue weighted by atomic mass is 79.9. The van der Waals surface area contributed by atoms with Gasteiger partial charge in [0.1, 0.15) is 5.75 Å². The molecule has 0 aliphatic heterocycles. The predicted octanol–water partition coefficient (Wildman–Crippen LogP) is 3.82. The summed E-state index contributed by atoms with van der Waals surface area (Å²) in [4.78, 5) is 8.07. The van der Waals surface area contributed by atoms with Crippen LogP contribution in [0.5, 0.6) is 11.6 Å². The summed E-state index contributed by atoms with van der Waals surface area (Å²) in [5, 5.41) is 1.31. The van der Waals surface area contributed by atoms with Crippen LogP contribution in [0.2, 0.25) is 5.02 Å². The van der Waals surface area contributed by atoms with Gasteiger partial charge in [-0.05, 0) is 5.56 Å². The Bertz CT molecular complexity index is 476. The summed E-state index contributed by atoms with van der Waals surface area (Å²) in [6.45, 7) is 0. The van der Waals surface area contributed by atoms with E-state index >= 15 is 0 Å². The maximum absolute atomic E-state index is 5.79. The number of aromatic nitrogens is 2. The molecule has 2 aromatic heterocycles. The number of pyridine rings is 2. The molecule has 0 aliphatic rings. The molecule has 2 aromatic rings. The van der Waals surface area contributed by atoms with Crippen molar-refractivity contribution < 1.29 is 4.74 Å². The molecule has 82 valence electrons. The maximum Gasteiger partial charge on any atom is 0.219 e. The Morgan fingerprint density at radius 3 is 2.75 bits per heavy atom. The second-order valence-electron chi connectivity index (χ2n) is 3.08. The fourth-order valence-corrected chi connectivity index (χ4v) is 1.61. The molecule has 3 nitrogen and oxygen atoms in total. The molecule has 0 amide bonds. The lowest BCUT2D eigenvalue weighted by molar-refractivity contribution is 0.460. The van der Waals surface area contributed by atoms with Crippen LogP contribution in [0.1, 0.15) is 5.56 Å². The van der Waals surface area contributed by atoms with Gasteiger partial charge in [0.2, 0.25) is 5.88 Å². The van der Waals surface area contributed by atoms with Gasteiger partial charge in [-0.15, -0.1) is 0 Å². The zero-order valence-electron chi connectivity index (χ0n) is 8.23. The first kappa shape index (κ1) is 11.4. The SMILES string of the molecule is Clc1cncc(Oc2ccc(CBr)cn2)c1. The van der Waals surface area contributed by atoms with Crippen LogP contribution >= 0.6 is 27.5 Å². The van der Waals surface area contributed by atoms with Gasteiger partial charge >= 0.3 is 0 Å². The van der Waals surface area contributed by atoms with Gasteiger partial charge in [-0.1, -0.05) is 33.6 Å². The fourth-order valence-electron chi connectivity index (χ4n) is 1.12. The molecular formula is C11H8BrClN2O. The molecule has 0 radical (unpaired) electrons. The quantitative estimate of drug-likeness (QED) is 0.808. The van der Waals surface area contributed by atoms with Crippen LogP contribution in [-0.4, -0.2) is 9.97 Å². The summed E-state index contributed by atoms with van der Waals surface area (Å²) in [5.41, 5.74) is 1.09. The number of ether oxygens (including phenoxy) is 1. The van der Waals surface area contributed by atoms with Crippen molar-refractivity contribution in [1.82, 2.24) is 9.97 Å². The van der Waals surface area contributed by atoms with Crippen molar-refractivity contribution >= 4 is 27.5 Å². The molecular weight excluding hydrogens is 291 g/mol. The molecule has 0 aliphatic carbocycles. The third-order valence-corrected chi connectivity index (χ3v) is 2.71. The lowest BCUT2D eigenvalue weighted by Crippen LogP contribution is -1.89. The monoisotopic (exact) mass is 298 g/mol. The average Bonchev–Trinajstić information content (AvgIpc) is 2.30. The van der Waals surface area contributed by atoms with E-state index < -0.39 is 0 Å². The van der Waals surface area contributed by atoms with Crippen molar-refractivity contribution in [3.8, 4) is 11.6 Å². The largest absolute Gasteiger partial charge is 0.437 e. The van der Waals surface area contributed by atoms with Crippen LogP contribution in [0.4, 0.5) is 0 Å². The molecule has 0 fully saturated rings. The first-order valence-corrected chi connectivity index (χ1v) is 6.07. The van der Waals surface area contributed by atoms with Crippen molar-refractivity contribution in [2.45, 2.75) is 5.33 Å². The average molecular weight is 300 g/mol. The van der Waals surface area contributed by atoms with Crippen molar-refractivity contribution in [2.24, 2.45) is 0 Å². The van der Waals surface area contributed by atoms with E-state index in [1.807, 2.05) is 6.07 Å². The first-order valence-electron chi connectivity index (χ1n) is 4.57. The maximum atomic E-state index is 5.79. The van der Waals surface area contributed by atoms with E-state index in [0.717, 1.165) is 10.9 Å². The van der Waals surface area contributed by atoms with Crippen molar-refractivity contribution in [1.29, 1.82) is 0 Å². The van der Waals surface area contributed by atoms with E-state index in [2.05, 4.69) is 25.9 Å². The summed E-state index contributed by atoms with van der Waals surface area (Å²) < 4.78 is 5.49. The van der Waals surface area contributed by atoms with Gasteiger partial charge in [0.25, 0.3) is 0 Å². The number of alkyl halides is 1. The molecule has 0 aromatic carbocycles. The summed E-state index contributed by atoms with van der Waals surface area (Å²) in [7, 11) is 0. The molecule has 2 rings (SSSR count). The van der Waals surface area contributed by atoms with E-state index in [0.29, 0.717) is 16.7 Å². The Kier molecular flexibility index (Phi) is 3.74. The number of hydrogen-bond donors (Lipinski definition) is 0. The summed E-state index contributed by atoms with van der Waals surface area (Å²) in [5.74, 6) is 1.10. The van der Waals surface area contributed by atoms with Gasteiger partial charge in [0, 0.05) is 29.9 Å². The molecule has 0 N–H and O–H groups in total. The predicted molar refractivity (Wildman–Crippen MR) is 66.2 cm³/mol. The highest BCUT2D eigenvalue weighted by molar-refractivity contribution is 9.08. The Balaban J connectivity index is 2.14. The molecule has 0 atom stereocenters. The molecule has 2 heterocycles. The zero-order chi connectivity index (χ0) is 11.4. The topological polar surface area (TPSA) is 35.0 Å². The molecule has 16 heavy (non-hydrogen) atoms. The van der Waals surface area contributed by atoms with Crippen LogP contribution in [0.15, 0.2) is 36.8 Å². The lowest BCUT2D eigenvalue weighted by atomic mass is 10.3. The molecule has 0 spiro atoms. The summed E-state index contributed by atoms with van der Waals surface area (Å²) in [6.07, 6.45) is 4.89. The van der Waals surface area contributed by atoms with Crippen LogP contribution in [0, 0.1) is 0 Å². The minimum atomic E-state index is 0.522. The van der Waals surface area contributed by atoms with Gasteiger partial charge in [-0.3, -0.25) is 4.98 Å². The van der Waals surface area contributed by atoms with Crippen LogP contribution in [0.25, 0.3) is 0 Å². The standard InChI is InChI=1S/C11H8BrClN2O/c12-4-8-1-2-11(15-5-8)16-10-3-9(13)6-14-7-10/h1-3,5-7H,4H2. The molecule has 0 saturated heterocycles. The smallest absolute Gasteiger partial charge is 0.219 e. The lowest BCUT2D eigenvalue weighted by Gasteiger charge is -2.04. The highest BCUT2D eigenvalue weighted by Gasteiger charge is 2.00. The second-order valence-corrected chi connectivity index (χ2v) is 4.08. The minimum absolute atomic E-state index is 0.522. The van der Waals surface area contributed by atoms with E-state index in [1.54, 1.807) is 30.7 Å². The van der Waals surface area contributed by atoms with Crippen molar-refractivity contribution in [3.63, 3.8) is 0 Å². The highest BCUT2D eigenvalue weighted by Crippen LogP contribution is 2.21. The van der Waals surface area contributed by atoms with Gasteiger partial charge in [-0.25, -0.2) is 4.98 Å². The van der Waals surface area contributed by atoms with E-state index in [4.69, 9.17) is 16.3 Å². The van der Waals surface area contributed by atoms with E-state index in [9.17, 15) is 0 Å². The van der Waals surface area contributed by atoms with E-state index in [-0.39, 0.29) is 0 Å². The number of nitrogens with zero attached hydrogens (tertiary/aromatic N) is 2. The van der Waals surface area contributed by atoms with Crippen LogP contribution < -0.4 is 4.74 Å². The van der Waals surface area contributed by atoms with Gasteiger partial charge in [0.05, 0.1) is 11.2 Å². The van der Waals surface area contributed by atoms with Crippen molar-refractivity contribution in [3.05, 3.63) is 47.4 Å². The first-order chi connectivity index (χ1) is 7.78. The Morgan fingerprint density at radius 2 is 2.12 bits per heavy atom. The summed E-state index contributed by atoms with van der Waals surface area (Å²) in [6, 6.07) is 5.43. The van der Waals surface area contributed by atoms with Crippen molar-refractivity contribution in [2.75, 3.05) is 0 Å². The van der Waals surface area contributed by atoms with Crippen LogP contribution in [-0.2, 0) is 5.33 Å². The Labute approximate surface area is 107 Å². The van der Waals surface area contributed by atoms with Crippen LogP contribution in [0.3, 0.4) is 0 Å². The van der Waals surface area contributed by atoms with E-state index in [1.165, 1.54) is 0 Å². The Hall–Kier alpha value is -1.13. The van der Waals surface area contributed by atoms with Gasteiger partial charge < -0.3 is 4.74 Å². The minimum Gasteiger partial charge on any atom is -0.437 e. The number of rotatable bonds is 3. The molecule has 5 heteroatoms. The van der Waals surface area contributed by atoms with Gasteiger partial charge in [-0.2, -0.15) is 0 Å². The molecule has 0 bridgehead atoms. The number of hydrogen-bond acceptors (Lipinski definition) is 3. The molecule has 0 saturated carbocycles. The normalized spacial score (nSPS) is 10.1. The third kappa shape index (κ3) is 2.93. The second kappa shape index (κ2) is 5.27. The zero-order valence-corrected chi connectivity index (χ0v) is 10.6. The Morgan fingerprint density at radius 1 is 1.25 bits per heavy atom.